The summed E-state index contributed by atoms with van der Waals surface area (Å²) in [5.74, 6) is -1.49. The van der Waals surface area contributed by atoms with Crippen molar-refractivity contribution in [3.8, 4) is 0 Å². The third-order valence-corrected chi connectivity index (χ3v) is 7.94. The van der Waals surface area contributed by atoms with Crippen molar-refractivity contribution in [1.29, 1.82) is 0 Å². The number of carboxylic acids is 1. The normalized spacial score (nSPS) is 14.7. The van der Waals surface area contributed by atoms with E-state index in [9.17, 15) is 33.2 Å². The van der Waals surface area contributed by atoms with Crippen molar-refractivity contribution in [2.24, 2.45) is 5.92 Å². The molecule has 0 aliphatic carbocycles. The summed E-state index contributed by atoms with van der Waals surface area (Å²) in [7, 11) is -4.63. The van der Waals surface area contributed by atoms with Crippen LogP contribution in [0.2, 0.25) is 0 Å². The second-order valence-electron chi connectivity index (χ2n) is 9.27. The topological polar surface area (TPSA) is 173 Å². The van der Waals surface area contributed by atoms with Gasteiger partial charge < -0.3 is 20.3 Å². The molecule has 1 unspecified atom stereocenters. The number of ether oxygens (including phenoxy) is 1. The van der Waals surface area contributed by atoms with Crippen LogP contribution in [0.3, 0.4) is 0 Å². The molecule has 208 valence electrons. The van der Waals surface area contributed by atoms with Gasteiger partial charge in [0.05, 0.1) is 16.6 Å². The Balaban J connectivity index is 2.40. The standard InChI is InChI=1S/C25H33N3O9S/c1-19(2)17-28(27(33)34,38(35,36)21-12-7-4-8-13-21)18-23(29)22(16-20-10-5-3-6-11-20)26-25(32)37-15-9-14-24(30)31/h3-8,10-13,19,22-23,29H,9,14-18H2,1-2H3,(H-,26,30,31,32)/p+1/t22-,23+,28?/m0/s1. The predicted molar refractivity (Wildman–Crippen MR) is 137 cm³/mol. The number of aliphatic hydroxyl groups excluding tert-OH is 1. The van der Waals surface area contributed by atoms with E-state index in [-0.39, 0.29) is 30.8 Å². The average molecular weight is 553 g/mol. The lowest BCUT2D eigenvalue weighted by Crippen LogP contribution is -2.63. The van der Waals surface area contributed by atoms with Gasteiger partial charge in [0.2, 0.25) is 0 Å². The second kappa shape index (κ2) is 13.8. The lowest BCUT2D eigenvalue weighted by Gasteiger charge is -2.31. The molecule has 0 aliphatic rings. The number of quaternary nitrogens is 1. The summed E-state index contributed by atoms with van der Waals surface area (Å²) in [5.41, 5.74) is 0.678. The number of nitrogens with one attached hydrogen (secondary N) is 1. The number of hydrogen-bond acceptors (Lipinski definition) is 8. The van der Waals surface area contributed by atoms with Crippen LogP contribution in [0.5, 0.6) is 0 Å². The van der Waals surface area contributed by atoms with Crippen molar-refractivity contribution in [3.63, 3.8) is 0 Å². The van der Waals surface area contributed by atoms with E-state index in [4.69, 9.17) is 9.84 Å². The largest absolute Gasteiger partial charge is 0.481 e. The van der Waals surface area contributed by atoms with Crippen molar-refractivity contribution in [2.45, 2.75) is 50.2 Å². The molecular formula is C25H34N3O9S+. The Morgan fingerprint density at radius 1 is 1.05 bits per heavy atom. The summed E-state index contributed by atoms with van der Waals surface area (Å²) in [6.45, 7) is 1.80. The fraction of sp³-hybridized carbons (Fsp3) is 0.440. The molecule has 0 bridgehead atoms. The number of carbonyl (C=O) groups excluding carboxylic acids is 1. The Labute approximate surface area is 221 Å². The van der Waals surface area contributed by atoms with Crippen LogP contribution in [0, 0.1) is 16.0 Å². The van der Waals surface area contributed by atoms with Gasteiger partial charge in [0.1, 0.15) is 11.0 Å². The molecule has 38 heavy (non-hydrogen) atoms. The Hall–Kier alpha value is -3.55. The number of amides is 1. The van der Waals surface area contributed by atoms with E-state index in [1.54, 1.807) is 50.2 Å². The number of aliphatic carboxylic acids is 1. The third kappa shape index (κ3) is 8.23. The van der Waals surface area contributed by atoms with Crippen LogP contribution in [0.1, 0.15) is 32.3 Å². The van der Waals surface area contributed by atoms with Gasteiger partial charge in [-0.05, 0) is 30.5 Å². The number of aliphatic hydroxyl groups is 1. The lowest BCUT2D eigenvalue weighted by molar-refractivity contribution is -1.25. The molecular weight excluding hydrogens is 518 g/mol. The number of sulfonamides is 1. The first-order chi connectivity index (χ1) is 17.9. The highest BCUT2D eigenvalue weighted by molar-refractivity contribution is 7.85. The average Bonchev–Trinajstić information content (AvgIpc) is 2.86. The zero-order chi connectivity index (χ0) is 28.3. The van der Waals surface area contributed by atoms with Gasteiger partial charge in [-0.2, -0.15) is 8.42 Å². The van der Waals surface area contributed by atoms with Crippen LogP contribution in [-0.4, -0.2) is 71.6 Å². The van der Waals surface area contributed by atoms with E-state index in [1.165, 1.54) is 24.3 Å². The number of carbonyl (C=O) groups is 2. The summed E-state index contributed by atoms with van der Waals surface area (Å²) in [5, 5.41) is 34.0. The van der Waals surface area contributed by atoms with E-state index in [2.05, 4.69) is 5.32 Å². The molecule has 0 saturated heterocycles. The van der Waals surface area contributed by atoms with E-state index in [1.807, 2.05) is 0 Å². The van der Waals surface area contributed by atoms with Gasteiger partial charge in [0, 0.05) is 12.3 Å². The Kier molecular flexibility index (Phi) is 11.2. The summed E-state index contributed by atoms with van der Waals surface area (Å²) >= 11 is 0. The van der Waals surface area contributed by atoms with E-state index in [0.29, 0.717) is 5.56 Å². The molecule has 13 heteroatoms. The summed E-state index contributed by atoms with van der Waals surface area (Å²) in [6.07, 6.45) is -2.76. The number of rotatable bonds is 15. The van der Waals surface area contributed by atoms with Crippen LogP contribution in [0.25, 0.3) is 0 Å². The smallest absolute Gasteiger partial charge is 0.407 e. The minimum atomic E-state index is -4.63. The van der Waals surface area contributed by atoms with Gasteiger partial charge in [-0.3, -0.25) is 4.79 Å². The second-order valence-corrected chi connectivity index (χ2v) is 11.4. The minimum Gasteiger partial charge on any atom is -0.481 e. The number of nitro groups is 1. The molecule has 0 fully saturated rings. The highest BCUT2D eigenvalue weighted by Gasteiger charge is 2.57. The molecule has 0 aromatic heterocycles. The van der Waals surface area contributed by atoms with E-state index < -0.39 is 62.3 Å². The molecule has 0 spiro atoms. The first-order valence-corrected chi connectivity index (χ1v) is 13.5. The number of benzene rings is 2. The van der Waals surface area contributed by atoms with Crippen LogP contribution < -0.4 is 5.32 Å². The molecule has 3 N–H and O–H groups in total. The SMILES string of the molecule is CC(C)C[N+](C[C@@H](O)[C@H](Cc1ccccc1)NC(=O)OCCCC(=O)O)([N+](=O)[O-])S(=O)(=O)c1ccccc1. The van der Waals surface area contributed by atoms with Crippen molar-refractivity contribution < 1.29 is 42.0 Å². The molecule has 0 saturated carbocycles. The van der Waals surface area contributed by atoms with Crippen LogP contribution in [-0.2, 0) is 26.0 Å². The third-order valence-electron chi connectivity index (χ3n) is 5.74. The fourth-order valence-electron chi connectivity index (χ4n) is 4.00. The Bertz CT molecular complexity index is 1180. The Morgan fingerprint density at radius 2 is 1.63 bits per heavy atom. The zero-order valence-corrected chi connectivity index (χ0v) is 22.1. The van der Waals surface area contributed by atoms with Gasteiger partial charge in [-0.1, -0.05) is 62.4 Å². The van der Waals surface area contributed by atoms with Crippen molar-refractivity contribution in [3.05, 3.63) is 76.3 Å². The van der Waals surface area contributed by atoms with Gasteiger partial charge in [-0.15, -0.1) is 0 Å². The summed E-state index contributed by atoms with van der Waals surface area (Å²) in [6, 6.07) is 14.5. The zero-order valence-electron chi connectivity index (χ0n) is 21.3. The highest BCUT2D eigenvalue weighted by atomic mass is 32.2. The molecule has 0 radical (unpaired) electrons. The van der Waals surface area contributed by atoms with Crippen LogP contribution >= 0.6 is 0 Å². The lowest BCUT2D eigenvalue weighted by atomic mass is 10.0. The minimum absolute atomic E-state index is 0.0248. The van der Waals surface area contributed by atoms with Gasteiger partial charge >= 0.3 is 22.1 Å². The number of carboxylic acid groups (broad SMARTS) is 1. The molecule has 12 nitrogen and oxygen atoms in total. The number of nitrogens with zero attached hydrogens (tertiary/aromatic N) is 2. The quantitative estimate of drug-likeness (QED) is 0.130. The van der Waals surface area contributed by atoms with E-state index >= 15 is 0 Å². The van der Waals surface area contributed by atoms with Gasteiger partial charge in [0.15, 0.2) is 13.1 Å². The van der Waals surface area contributed by atoms with Gasteiger partial charge in [0.25, 0.3) is 5.03 Å². The maximum absolute atomic E-state index is 13.7. The monoisotopic (exact) mass is 552 g/mol. The summed E-state index contributed by atoms with van der Waals surface area (Å²) in [4.78, 5) is 35.3. The maximum Gasteiger partial charge on any atom is 0.407 e. The summed E-state index contributed by atoms with van der Waals surface area (Å²) < 4.78 is 30.7. The first kappa shape index (κ1) is 30.7. The van der Waals surface area contributed by atoms with Crippen molar-refractivity contribution in [2.75, 3.05) is 19.7 Å². The highest BCUT2D eigenvalue weighted by Crippen LogP contribution is 2.28. The molecule has 2 aromatic carbocycles. The number of hydrogen-bond donors (Lipinski definition) is 3. The fourth-order valence-corrected chi connectivity index (χ4v) is 5.92. The first-order valence-electron chi connectivity index (χ1n) is 12.1. The van der Waals surface area contributed by atoms with Crippen LogP contribution in [0.4, 0.5) is 4.79 Å². The molecule has 0 aliphatic heterocycles. The predicted octanol–water partition coefficient (Wildman–Crippen LogP) is 2.60. The van der Waals surface area contributed by atoms with Crippen LogP contribution in [0.15, 0.2) is 65.6 Å². The number of alkyl carbamates (subject to hydrolysis) is 1. The van der Waals surface area contributed by atoms with Gasteiger partial charge in [-0.25, -0.2) is 14.9 Å². The molecule has 2 rings (SSSR count). The molecule has 3 atom stereocenters. The Morgan fingerprint density at radius 3 is 2.16 bits per heavy atom. The van der Waals surface area contributed by atoms with Crippen molar-refractivity contribution in [1.82, 2.24) is 5.32 Å². The maximum atomic E-state index is 13.7. The molecule has 0 heterocycles. The molecule has 1 amide bonds. The molecule has 2 aromatic rings. The van der Waals surface area contributed by atoms with E-state index in [0.717, 1.165) is 0 Å². The van der Waals surface area contributed by atoms with Crippen molar-refractivity contribution >= 4 is 22.1 Å².